The van der Waals surface area contributed by atoms with Gasteiger partial charge in [0, 0.05) is 14.2 Å². The lowest BCUT2D eigenvalue weighted by Crippen LogP contribution is -2.48. The van der Waals surface area contributed by atoms with Crippen LogP contribution in [0.3, 0.4) is 0 Å². The Labute approximate surface area is 191 Å². The number of esters is 1. The highest BCUT2D eigenvalue weighted by Gasteiger charge is 2.42. The number of nitrogens with two attached hydrogens (primary N) is 1. The van der Waals surface area contributed by atoms with Gasteiger partial charge in [0.15, 0.2) is 17.0 Å². The summed E-state index contributed by atoms with van der Waals surface area (Å²) in [6, 6.07) is -0.889. The van der Waals surface area contributed by atoms with E-state index in [1.54, 1.807) is 20.9 Å². The summed E-state index contributed by atoms with van der Waals surface area (Å²) in [4.78, 5) is 23.9. The summed E-state index contributed by atoms with van der Waals surface area (Å²) in [7, 11) is -0.0917. The van der Waals surface area contributed by atoms with Crippen molar-refractivity contribution in [3.05, 3.63) is 6.33 Å². The second kappa shape index (κ2) is 11.2. The molecule has 0 bridgehead atoms. The van der Waals surface area contributed by atoms with E-state index in [-0.39, 0.29) is 23.2 Å². The van der Waals surface area contributed by atoms with Gasteiger partial charge in [-0.25, -0.2) is 14.5 Å². The highest BCUT2D eigenvalue weighted by atomic mass is 31.1. The highest BCUT2D eigenvalue weighted by molar-refractivity contribution is 7.36. The quantitative estimate of drug-likeness (QED) is 0.243. The minimum absolute atomic E-state index is 0.0550. The smallest absolute Gasteiger partial charge is 0.323 e. The van der Waals surface area contributed by atoms with Crippen LogP contribution >= 0.6 is 8.18 Å². The lowest BCUT2D eigenvalue weighted by Gasteiger charge is -2.32. The standard InChI is InChI=1S/C18H31FN7O6P/c1-9(2)32-16(28)10(3)25-33(29)31-7-11(30-6)13(27)18(4,19)26-8-22-12-14(21-5)23-17(20)24-15(12)26/h8-11,13,27,33H,7H2,1-6H3,(H,25,29)(H3,20,21,23,24)/t10-,11-,13-,18+/m1/s1. The van der Waals surface area contributed by atoms with Crippen LogP contribution in [0, 0.1) is 0 Å². The van der Waals surface area contributed by atoms with E-state index >= 15 is 4.39 Å². The molecule has 0 saturated heterocycles. The first kappa shape index (κ1) is 26.9. The molecule has 2 aromatic heterocycles. The van der Waals surface area contributed by atoms with Crippen molar-refractivity contribution in [2.45, 2.75) is 57.8 Å². The normalized spacial score (nSPS) is 17.4. The van der Waals surface area contributed by atoms with Crippen LogP contribution < -0.4 is 16.1 Å². The number of nitrogen functional groups attached to an aromatic ring is 1. The number of imidazole rings is 1. The van der Waals surface area contributed by atoms with Crippen molar-refractivity contribution >= 4 is 37.1 Å². The van der Waals surface area contributed by atoms with Crippen molar-refractivity contribution in [1.29, 1.82) is 0 Å². The molecule has 2 heterocycles. The third-order valence-electron chi connectivity index (χ3n) is 4.73. The van der Waals surface area contributed by atoms with Crippen LogP contribution in [0.1, 0.15) is 27.7 Å². The van der Waals surface area contributed by atoms with Gasteiger partial charge in [0.2, 0.25) is 11.7 Å². The van der Waals surface area contributed by atoms with Gasteiger partial charge in [0.1, 0.15) is 18.2 Å². The maximum atomic E-state index is 15.8. The predicted octanol–water partition coefficient (Wildman–Crippen LogP) is 0.804. The molecule has 0 fully saturated rings. The van der Waals surface area contributed by atoms with Crippen LogP contribution in [-0.2, 0) is 29.1 Å². The number of aromatic nitrogens is 4. The van der Waals surface area contributed by atoms with Crippen molar-refractivity contribution < 1.29 is 32.9 Å². The van der Waals surface area contributed by atoms with Gasteiger partial charge in [-0.1, -0.05) is 0 Å². The van der Waals surface area contributed by atoms with Gasteiger partial charge in [0.05, 0.1) is 19.0 Å². The van der Waals surface area contributed by atoms with E-state index in [0.29, 0.717) is 5.82 Å². The number of hydrogen-bond acceptors (Lipinski definition) is 11. The van der Waals surface area contributed by atoms with Crippen LogP contribution in [0.15, 0.2) is 6.33 Å². The number of fused-ring (bicyclic) bond motifs is 1. The van der Waals surface area contributed by atoms with Crippen LogP contribution in [0.2, 0.25) is 0 Å². The predicted molar refractivity (Wildman–Crippen MR) is 120 cm³/mol. The fraction of sp³-hybridized carbons (Fsp3) is 0.667. The Kier molecular flexibility index (Phi) is 9.09. The van der Waals surface area contributed by atoms with E-state index in [2.05, 4.69) is 25.4 Å². The number of ether oxygens (including phenoxy) is 2. The average Bonchev–Trinajstić information content (AvgIpc) is 3.17. The Bertz CT molecular complexity index is 989. The molecular formula is C18H31FN7O6P. The molecule has 0 aliphatic rings. The largest absolute Gasteiger partial charge is 0.462 e. The van der Waals surface area contributed by atoms with E-state index in [9.17, 15) is 14.5 Å². The molecule has 5 N–H and O–H groups in total. The van der Waals surface area contributed by atoms with Crippen LogP contribution in [0.5, 0.6) is 0 Å². The van der Waals surface area contributed by atoms with Crippen molar-refractivity contribution in [3.63, 3.8) is 0 Å². The fourth-order valence-electron chi connectivity index (χ4n) is 2.95. The molecule has 15 heteroatoms. The summed E-state index contributed by atoms with van der Waals surface area (Å²) in [6.45, 7) is 5.51. The number of nitrogens with one attached hydrogen (secondary N) is 2. The molecule has 186 valence electrons. The lowest BCUT2D eigenvalue weighted by atomic mass is 10.0. The molecule has 0 aliphatic carbocycles. The summed E-state index contributed by atoms with van der Waals surface area (Å²) >= 11 is 0. The Balaban J connectivity index is 2.12. The molecule has 0 aliphatic heterocycles. The molecule has 2 aromatic rings. The minimum Gasteiger partial charge on any atom is -0.462 e. The molecule has 0 radical (unpaired) electrons. The summed E-state index contributed by atoms with van der Waals surface area (Å²) in [5, 5.41) is 16.0. The molecular weight excluding hydrogens is 460 g/mol. The van der Waals surface area contributed by atoms with Crippen molar-refractivity contribution in [1.82, 2.24) is 24.6 Å². The number of alkyl halides is 1. The minimum atomic E-state index is -2.93. The molecule has 2 rings (SSSR count). The van der Waals surface area contributed by atoms with Gasteiger partial charge in [-0.2, -0.15) is 9.97 Å². The van der Waals surface area contributed by atoms with E-state index in [4.69, 9.17) is 19.7 Å². The maximum Gasteiger partial charge on any atom is 0.323 e. The highest BCUT2D eigenvalue weighted by Crippen LogP contribution is 2.32. The SMILES string of the molecule is CNc1nc(N)nc2c1ncn2[C@](C)(F)[C@H](O)[C@@H](CO[PH](=O)N[C@H](C)C(=O)OC(C)C)OC. The Morgan fingerprint density at radius 2 is 2.06 bits per heavy atom. The first-order valence-corrected chi connectivity index (χ1v) is 11.5. The van der Waals surface area contributed by atoms with Crippen molar-refractivity contribution in [3.8, 4) is 0 Å². The molecule has 0 spiro atoms. The zero-order chi connectivity index (χ0) is 24.9. The summed E-state index contributed by atoms with van der Waals surface area (Å²) < 4.78 is 44.4. The van der Waals surface area contributed by atoms with Crippen LogP contribution in [-0.4, -0.2) is 75.7 Å². The molecule has 0 aromatic carbocycles. The number of carbonyl (C=O) groups is 1. The summed E-state index contributed by atoms with van der Waals surface area (Å²) in [5.74, 6) is -2.88. The number of halogens is 1. The average molecular weight is 491 g/mol. The maximum absolute atomic E-state index is 15.8. The van der Waals surface area contributed by atoms with E-state index in [1.165, 1.54) is 14.0 Å². The zero-order valence-electron chi connectivity index (χ0n) is 19.3. The number of hydrogen-bond donors (Lipinski definition) is 4. The number of nitrogens with zero attached hydrogens (tertiary/aromatic N) is 4. The number of anilines is 2. The Morgan fingerprint density at radius 3 is 2.64 bits per heavy atom. The van der Waals surface area contributed by atoms with Gasteiger partial charge in [-0.05, 0) is 27.7 Å². The molecule has 5 atom stereocenters. The first-order chi connectivity index (χ1) is 15.4. The van der Waals surface area contributed by atoms with E-state index in [1.807, 2.05) is 0 Å². The zero-order valence-corrected chi connectivity index (χ0v) is 20.3. The van der Waals surface area contributed by atoms with Gasteiger partial charge >= 0.3 is 5.97 Å². The molecule has 33 heavy (non-hydrogen) atoms. The van der Waals surface area contributed by atoms with E-state index < -0.39 is 44.8 Å². The van der Waals surface area contributed by atoms with Gasteiger partial charge < -0.3 is 30.2 Å². The number of carbonyl (C=O) groups excluding carboxylic acids is 1. The first-order valence-electron chi connectivity index (χ1n) is 10.1. The number of aliphatic hydroxyl groups is 1. The van der Waals surface area contributed by atoms with Crippen molar-refractivity contribution in [2.24, 2.45) is 0 Å². The second-order valence-corrected chi connectivity index (χ2v) is 8.81. The molecule has 0 amide bonds. The lowest BCUT2D eigenvalue weighted by molar-refractivity contribution is -0.149. The molecule has 13 nitrogen and oxygen atoms in total. The Hall–Kier alpha value is -2.38. The van der Waals surface area contributed by atoms with Crippen molar-refractivity contribution in [2.75, 3.05) is 31.8 Å². The summed E-state index contributed by atoms with van der Waals surface area (Å²) in [5.41, 5.74) is 6.01. The number of aliphatic hydroxyl groups excluding tert-OH is 1. The van der Waals surface area contributed by atoms with Crippen LogP contribution in [0.25, 0.3) is 11.2 Å². The summed E-state index contributed by atoms with van der Waals surface area (Å²) in [6.07, 6.45) is -2.19. The monoisotopic (exact) mass is 491 g/mol. The number of rotatable bonds is 12. The Morgan fingerprint density at radius 1 is 1.39 bits per heavy atom. The van der Waals surface area contributed by atoms with Gasteiger partial charge in [-0.3, -0.25) is 13.9 Å². The third kappa shape index (κ3) is 6.36. The van der Waals surface area contributed by atoms with Gasteiger partial charge in [-0.15, -0.1) is 0 Å². The molecule has 0 saturated carbocycles. The topological polar surface area (TPSA) is 176 Å². The second-order valence-electron chi connectivity index (χ2n) is 7.66. The molecule has 1 unspecified atom stereocenters. The van der Waals surface area contributed by atoms with Gasteiger partial charge in [0.25, 0.3) is 8.18 Å². The number of methoxy groups -OCH3 is 1. The van der Waals surface area contributed by atoms with Crippen LogP contribution in [0.4, 0.5) is 16.2 Å². The third-order valence-corrected chi connectivity index (χ3v) is 5.83. The fourth-order valence-corrected chi connectivity index (χ4v) is 3.82. The van der Waals surface area contributed by atoms with E-state index in [0.717, 1.165) is 17.8 Å².